The van der Waals surface area contributed by atoms with E-state index < -0.39 is 17.7 Å². The van der Waals surface area contributed by atoms with Crippen LogP contribution in [0.3, 0.4) is 0 Å². The molecule has 1 heterocycles. The smallest absolute Gasteiger partial charge is 0.160 e. The van der Waals surface area contributed by atoms with Crippen LogP contribution in [-0.4, -0.2) is 23.9 Å². The molecule has 0 aliphatic heterocycles. The van der Waals surface area contributed by atoms with Crippen molar-refractivity contribution in [2.24, 2.45) is 0 Å². The van der Waals surface area contributed by atoms with Crippen LogP contribution in [0.25, 0.3) is 0 Å². The fourth-order valence-electron chi connectivity index (χ4n) is 1.70. The van der Waals surface area contributed by atoms with Crippen LogP contribution >= 0.6 is 0 Å². The Hall–Kier alpha value is -3.01. The van der Waals surface area contributed by atoms with Crippen LogP contribution in [0.1, 0.15) is 5.56 Å². The number of halogens is 2. The summed E-state index contributed by atoms with van der Waals surface area (Å²) in [6, 6.07) is 7.86. The summed E-state index contributed by atoms with van der Waals surface area (Å²) < 4.78 is 25.9. The van der Waals surface area contributed by atoms with Gasteiger partial charge >= 0.3 is 0 Å². The van der Waals surface area contributed by atoms with E-state index in [2.05, 4.69) is 15.6 Å². The highest BCUT2D eigenvalue weighted by atomic mass is 19.2. The Labute approximate surface area is 125 Å². The number of aromatic nitrogens is 1. The number of hydrogen-bond acceptors (Lipinski definition) is 5. The lowest BCUT2D eigenvalue weighted by atomic mass is 10.2. The second-order valence-electron chi connectivity index (χ2n) is 4.44. The number of nitrogens with zero attached hydrogens (tertiary/aromatic N) is 2. The van der Waals surface area contributed by atoms with E-state index >= 15 is 0 Å². The maximum absolute atomic E-state index is 13.1. The number of carbonyl (C=O) groups excluding carboxylic acids is 1. The van der Waals surface area contributed by atoms with Gasteiger partial charge < -0.3 is 15.4 Å². The van der Waals surface area contributed by atoms with E-state index in [4.69, 9.17) is 5.26 Å². The van der Waals surface area contributed by atoms with Gasteiger partial charge in [-0.25, -0.2) is 13.8 Å². The summed E-state index contributed by atoms with van der Waals surface area (Å²) in [6.07, 6.45) is 2.06. The lowest BCUT2D eigenvalue weighted by Gasteiger charge is -2.15. The topological polar surface area (TPSA) is 77.8 Å². The average Bonchev–Trinajstić information content (AvgIpc) is 2.55. The van der Waals surface area contributed by atoms with Crippen molar-refractivity contribution in [2.75, 3.05) is 17.2 Å². The van der Waals surface area contributed by atoms with Crippen molar-refractivity contribution in [3.8, 4) is 6.07 Å². The van der Waals surface area contributed by atoms with Gasteiger partial charge in [-0.3, -0.25) is 0 Å². The SMILES string of the molecule is N#Cc1ccc(NC(C=O)CNc2ccc(F)c(F)c2)nc1. The maximum atomic E-state index is 13.1. The number of nitriles is 1. The second-order valence-corrected chi connectivity index (χ2v) is 4.44. The molecule has 0 spiro atoms. The summed E-state index contributed by atoms with van der Waals surface area (Å²) in [5.74, 6) is -1.46. The van der Waals surface area contributed by atoms with Crippen LogP contribution in [0.2, 0.25) is 0 Å². The Kier molecular flexibility index (Phi) is 4.98. The highest BCUT2D eigenvalue weighted by Crippen LogP contribution is 2.13. The summed E-state index contributed by atoms with van der Waals surface area (Å²) in [5, 5.41) is 14.4. The largest absolute Gasteiger partial charge is 0.382 e. The summed E-state index contributed by atoms with van der Waals surface area (Å²) >= 11 is 0. The normalized spacial score (nSPS) is 11.3. The van der Waals surface area contributed by atoms with E-state index in [-0.39, 0.29) is 6.54 Å². The van der Waals surface area contributed by atoms with Crippen LogP contribution in [-0.2, 0) is 4.79 Å². The highest BCUT2D eigenvalue weighted by molar-refractivity contribution is 5.65. The second kappa shape index (κ2) is 7.13. The molecule has 2 rings (SSSR count). The number of nitrogens with one attached hydrogen (secondary N) is 2. The first-order valence-electron chi connectivity index (χ1n) is 6.39. The summed E-state index contributed by atoms with van der Waals surface area (Å²) in [5.41, 5.74) is 0.772. The van der Waals surface area contributed by atoms with Gasteiger partial charge in [0.05, 0.1) is 5.56 Å². The van der Waals surface area contributed by atoms with E-state index in [1.54, 1.807) is 12.1 Å². The zero-order valence-electron chi connectivity index (χ0n) is 11.4. The molecule has 0 saturated heterocycles. The van der Waals surface area contributed by atoms with E-state index in [1.165, 1.54) is 12.3 Å². The lowest BCUT2D eigenvalue weighted by Crippen LogP contribution is -2.30. The van der Waals surface area contributed by atoms with Gasteiger partial charge in [0.2, 0.25) is 0 Å². The van der Waals surface area contributed by atoms with Gasteiger partial charge in [-0.05, 0) is 24.3 Å². The molecule has 0 aliphatic carbocycles. The van der Waals surface area contributed by atoms with Crippen molar-refractivity contribution in [3.63, 3.8) is 0 Å². The van der Waals surface area contributed by atoms with Crippen molar-refractivity contribution in [1.29, 1.82) is 5.26 Å². The number of pyridine rings is 1. The molecule has 2 N–H and O–H groups in total. The molecule has 1 unspecified atom stereocenters. The van der Waals surface area contributed by atoms with Crippen molar-refractivity contribution >= 4 is 17.8 Å². The Morgan fingerprint density at radius 3 is 2.68 bits per heavy atom. The van der Waals surface area contributed by atoms with Crippen molar-refractivity contribution in [3.05, 3.63) is 53.7 Å². The molecule has 112 valence electrons. The summed E-state index contributed by atoms with van der Waals surface area (Å²) in [4.78, 5) is 15.0. The third-order valence-corrected chi connectivity index (χ3v) is 2.84. The predicted octanol–water partition coefficient (Wildman–Crippen LogP) is 2.32. The van der Waals surface area contributed by atoms with Gasteiger partial charge in [0.1, 0.15) is 24.2 Å². The van der Waals surface area contributed by atoms with Crippen molar-refractivity contribution in [2.45, 2.75) is 6.04 Å². The third-order valence-electron chi connectivity index (χ3n) is 2.84. The molecule has 7 heteroatoms. The first kappa shape index (κ1) is 15.4. The number of carbonyl (C=O) groups is 1. The van der Waals surface area contributed by atoms with Crippen LogP contribution in [0.5, 0.6) is 0 Å². The molecule has 1 atom stereocenters. The van der Waals surface area contributed by atoms with Crippen molar-refractivity contribution < 1.29 is 13.6 Å². The zero-order valence-corrected chi connectivity index (χ0v) is 11.4. The quantitative estimate of drug-likeness (QED) is 0.801. The molecule has 0 bridgehead atoms. The molecule has 2 aromatic rings. The predicted molar refractivity (Wildman–Crippen MR) is 77.3 cm³/mol. The van der Waals surface area contributed by atoms with Crippen LogP contribution in [0, 0.1) is 23.0 Å². The van der Waals surface area contributed by atoms with Gasteiger partial charge in [0, 0.05) is 24.5 Å². The first-order valence-corrected chi connectivity index (χ1v) is 6.39. The number of hydrogen-bond donors (Lipinski definition) is 2. The highest BCUT2D eigenvalue weighted by Gasteiger charge is 2.09. The Balaban J connectivity index is 1.95. The molecule has 22 heavy (non-hydrogen) atoms. The number of aldehydes is 1. The molecule has 1 aromatic carbocycles. The Bertz CT molecular complexity index is 698. The number of anilines is 2. The summed E-state index contributed by atoms with van der Waals surface area (Å²) in [6.45, 7) is 0.163. The Morgan fingerprint density at radius 2 is 2.09 bits per heavy atom. The number of benzene rings is 1. The van der Waals surface area contributed by atoms with Gasteiger partial charge in [0.15, 0.2) is 11.6 Å². The molecule has 0 fully saturated rings. The minimum absolute atomic E-state index is 0.163. The van der Waals surface area contributed by atoms with Gasteiger partial charge in [0.25, 0.3) is 0 Å². The minimum atomic E-state index is -0.964. The Morgan fingerprint density at radius 1 is 1.27 bits per heavy atom. The number of rotatable bonds is 6. The molecule has 0 saturated carbocycles. The van der Waals surface area contributed by atoms with Crippen LogP contribution in [0.4, 0.5) is 20.3 Å². The lowest BCUT2D eigenvalue weighted by molar-refractivity contribution is -0.108. The molecule has 0 aliphatic rings. The molecule has 0 radical (unpaired) electrons. The fourth-order valence-corrected chi connectivity index (χ4v) is 1.70. The maximum Gasteiger partial charge on any atom is 0.160 e. The summed E-state index contributed by atoms with van der Waals surface area (Å²) in [7, 11) is 0. The van der Waals surface area contributed by atoms with Crippen LogP contribution < -0.4 is 10.6 Å². The molecular weight excluding hydrogens is 290 g/mol. The van der Waals surface area contributed by atoms with E-state index in [0.717, 1.165) is 12.1 Å². The fraction of sp³-hybridized carbons (Fsp3) is 0.133. The van der Waals surface area contributed by atoms with E-state index in [0.29, 0.717) is 23.4 Å². The van der Waals surface area contributed by atoms with Gasteiger partial charge in [-0.1, -0.05) is 0 Å². The minimum Gasteiger partial charge on any atom is -0.382 e. The standard InChI is InChI=1S/C15H12F2N4O/c16-13-3-2-11(5-14(13)17)19-8-12(9-22)21-15-4-1-10(6-18)7-20-15/h1-5,7,9,12,19H,8H2,(H,20,21). The monoisotopic (exact) mass is 302 g/mol. The van der Waals surface area contributed by atoms with Gasteiger partial charge in [-0.2, -0.15) is 5.26 Å². The first-order chi connectivity index (χ1) is 10.6. The zero-order chi connectivity index (χ0) is 15.9. The van der Waals surface area contributed by atoms with E-state index in [9.17, 15) is 13.6 Å². The molecule has 1 aromatic heterocycles. The van der Waals surface area contributed by atoms with Crippen molar-refractivity contribution in [1.82, 2.24) is 4.98 Å². The average molecular weight is 302 g/mol. The molecule has 5 nitrogen and oxygen atoms in total. The molecular formula is C15H12F2N4O. The van der Waals surface area contributed by atoms with E-state index in [1.807, 2.05) is 6.07 Å². The van der Waals surface area contributed by atoms with Crippen LogP contribution in [0.15, 0.2) is 36.5 Å². The third kappa shape index (κ3) is 3.99. The molecule has 0 amide bonds. The van der Waals surface area contributed by atoms with Gasteiger partial charge in [-0.15, -0.1) is 0 Å².